The molecule has 0 amide bonds. The third kappa shape index (κ3) is 2.87. The fourth-order valence-corrected chi connectivity index (χ4v) is 2.67. The molecule has 2 nitrogen and oxygen atoms in total. The molecule has 2 rings (SSSR count). The summed E-state index contributed by atoms with van der Waals surface area (Å²) in [6.45, 7) is 4.73. The molecule has 2 N–H and O–H groups in total. The van der Waals surface area contributed by atoms with Crippen LogP contribution in [0.1, 0.15) is 17.4 Å². The molecule has 90 valence electrons. The molecule has 0 saturated carbocycles. The van der Waals surface area contributed by atoms with E-state index < -0.39 is 0 Å². The minimum atomic E-state index is 0.594. The number of thiophene rings is 1. The van der Waals surface area contributed by atoms with Crippen LogP contribution < -0.4 is 10.6 Å². The summed E-state index contributed by atoms with van der Waals surface area (Å²) in [4.78, 5) is 3.76. The molecule has 0 atom stereocenters. The highest BCUT2D eigenvalue weighted by molar-refractivity contribution is 7.09. The van der Waals surface area contributed by atoms with Gasteiger partial charge in [0, 0.05) is 23.7 Å². The number of para-hydroxylation sites is 1. The topological polar surface area (TPSA) is 29.3 Å². The summed E-state index contributed by atoms with van der Waals surface area (Å²) < 4.78 is 0. The quantitative estimate of drug-likeness (QED) is 0.877. The zero-order valence-electron chi connectivity index (χ0n) is 10.1. The number of rotatable bonds is 5. The lowest BCUT2D eigenvalue weighted by molar-refractivity contribution is 0.831. The van der Waals surface area contributed by atoms with Crippen LogP contribution in [0, 0.1) is 0 Å². The van der Waals surface area contributed by atoms with E-state index in [1.165, 1.54) is 16.1 Å². The van der Waals surface area contributed by atoms with Gasteiger partial charge in [-0.15, -0.1) is 11.3 Å². The largest absolute Gasteiger partial charge is 0.366 e. The summed E-state index contributed by atoms with van der Waals surface area (Å²) in [6.07, 6.45) is 0. The second-order valence-corrected chi connectivity index (χ2v) is 4.96. The Bertz CT molecular complexity index is 451. The third-order valence-corrected chi connectivity index (χ3v) is 3.72. The Morgan fingerprint density at radius 3 is 2.65 bits per heavy atom. The second kappa shape index (κ2) is 5.84. The van der Waals surface area contributed by atoms with Crippen molar-refractivity contribution in [1.29, 1.82) is 0 Å². The van der Waals surface area contributed by atoms with Gasteiger partial charge in [-0.2, -0.15) is 0 Å². The van der Waals surface area contributed by atoms with Crippen LogP contribution in [0.25, 0.3) is 0 Å². The fourth-order valence-electron chi connectivity index (χ4n) is 1.95. The second-order valence-electron chi connectivity index (χ2n) is 3.93. The Hall–Kier alpha value is -1.32. The highest BCUT2D eigenvalue weighted by atomic mass is 32.1. The van der Waals surface area contributed by atoms with Gasteiger partial charge in [-0.25, -0.2) is 0 Å². The average Bonchev–Trinajstić information content (AvgIpc) is 2.89. The maximum Gasteiger partial charge on any atom is 0.0522 e. The molecule has 17 heavy (non-hydrogen) atoms. The Labute approximate surface area is 107 Å². The van der Waals surface area contributed by atoms with Crippen molar-refractivity contribution in [3.05, 3.63) is 52.2 Å². The molecule has 0 aliphatic heterocycles. The minimum absolute atomic E-state index is 0.594. The van der Waals surface area contributed by atoms with E-state index in [1.807, 2.05) is 6.07 Å². The summed E-state index contributed by atoms with van der Waals surface area (Å²) in [7, 11) is 0. The van der Waals surface area contributed by atoms with E-state index in [4.69, 9.17) is 5.73 Å². The number of hydrogen-bond acceptors (Lipinski definition) is 3. The van der Waals surface area contributed by atoms with Gasteiger partial charge in [-0.05, 0) is 30.0 Å². The van der Waals surface area contributed by atoms with Gasteiger partial charge in [0.25, 0.3) is 0 Å². The van der Waals surface area contributed by atoms with E-state index in [-0.39, 0.29) is 0 Å². The van der Waals surface area contributed by atoms with Crippen LogP contribution in [0.15, 0.2) is 41.8 Å². The molecule has 3 heteroatoms. The van der Waals surface area contributed by atoms with Crippen LogP contribution in [-0.4, -0.2) is 6.54 Å². The SMILES string of the molecule is CCN(Cc1cccs1)c1ccccc1CN. The number of hydrogen-bond donors (Lipinski definition) is 1. The molecular formula is C14H18N2S. The average molecular weight is 246 g/mol. The van der Waals surface area contributed by atoms with Crippen LogP contribution in [0.5, 0.6) is 0 Å². The van der Waals surface area contributed by atoms with E-state index in [0.29, 0.717) is 6.54 Å². The zero-order valence-corrected chi connectivity index (χ0v) is 10.9. The Morgan fingerprint density at radius 2 is 2.00 bits per heavy atom. The van der Waals surface area contributed by atoms with Gasteiger partial charge < -0.3 is 10.6 Å². The predicted molar refractivity (Wildman–Crippen MR) is 75.4 cm³/mol. The van der Waals surface area contributed by atoms with Crippen molar-refractivity contribution in [2.45, 2.75) is 20.0 Å². The predicted octanol–water partition coefficient (Wildman–Crippen LogP) is 3.23. The van der Waals surface area contributed by atoms with Gasteiger partial charge >= 0.3 is 0 Å². The number of nitrogens with two attached hydrogens (primary N) is 1. The van der Waals surface area contributed by atoms with E-state index >= 15 is 0 Å². The zero-order chi connectivity index (χ0) is 12.1. The molecular weight excluding hydrogens is 228 g/mol. The molecule has 0 spiro atoms. The third-order valence-electron chi connectivity index (χ3n) is 2.86. The van der Waals surface area contributed by atoms with Crippen molar-refractivity contribution in [2.24, 2.45) is 5.73 Å². The first-order valence-corrected chi connectivity index (χ1v) is 6.78. The number of benzene rings is 1. The van der Waals surface area contributed by atoms with Gasteiger partial charge in [0.05, 0.1) is 6.54 Å². The number of anilines is 1. The molecule has 1 heterocycles. The van der Waals surface area contributed by atoms with E-state index in [0.717, 1.165) is 13.1 Å². The highest BCUT2D eigenvalue weighted by Crippen LogP contribution is 2.23. The lowest BCUT2D eigenvalue weighted by Gasteiger charge is -2.24. The first-order valence-electron chi connectivity index (χ1n) is 5.90. The van der Waals surface area contributed by atoms with Crippen molar-refractivity contribution in [2.75, 3.05) is 11.4 Å². The molecule has 0 saturated heterocycles. The molecule has 0 fully saturated rings. The minimum Gasteiger partial charge on any atom is -0.366 e. The van der Waals surface area contributed by atoms with Crippen molar-refractivity contribution in [3.8, 4) is 0 Å². The maximum absolute atomic E-state index is 5.79. The monoisotopic (exact) mass is 246 g/mol. The van der Waals surface area contributed by atoms with E-state index in [2.05, 4.69) is 47.5 Å². The molecule has 2 aromatic rings. The summed E-state index contributed by atoms with van der Waals surface area (Å²) in [6, 6.07) is 12.7. The van der Waals surface area contributed by atoms with Crippen LogP contribution in [0.4, 0.5) is 5.69 Å². The number of nitrogens with zero attached hydrogens (tertiary/aromatic N) is 1. The molecule has 1 aromatic heterocycles. The van der Waals surface area contributed by atoms with Crippen LogP contribution >= 0.6 is 11.3 Å². The van der Waals surface area contributed by atoms with Crippen LogP contribution in [-0.2, 0) is 13.1 Å². The first kappa shape index (κ1) is 12.1. The first-order chi connectivity index (χ1) is 8.35. The molecule has 0 aliphatic carbocycles. The van der Waals surface area contributed by atoms with Crippen molar-refractivity contribution in [3.63, 3.8) is 0 Å². The van der Waals surface area contributed by atoms with Crippen molar-refractivity contribution >= 4 is 17.0 Å². The molecule has 0 unspecified atom stereocenters. The van der Waals surface area contributed by atoms with E-state index in [1.54, 1.807) is 11.3 Å². The lowest BCUT2D eigenvalue weighted by atomic mass is 10.1. The summed E-state index contributed by atoms with van der Waals surface area (Å²) in [5.41, 5.74) is 8.26. The highest BCUT2D eigenvalue weighted by Gasteiger charge is 2.09. The molecule has 0 aliphatic rings. The Morgan fingerprint density at radius 1 is 1.18 bits per heavy atom. The Kier molecular flexibility index (Phi) is 4.18. The van der Waals surface area contributed by atoms with Crippen molar-refractivity contribution in [1.82, 2.24) is 0 Å². The Balaban J connectivity index is 2.22. The van der Waals surface area contributed by atoms with Crippen LogP contribution in [0.2, 0.25) is 0 Å². The summed E-state index contributed by atoms with van der Waals surface area (Å²) in [5, 5.41) is 2.12. The molecule has 1 aromatic carbocycles. The van der Waals surface area contributed by atoms with Gasteiger partial charge in [-0.1, -0.05) is 24.3 Å². The van der Waals surface area contributed by atoms with E-state index in [9.17, 15) is 0 Å². The summed E-state index contributed by atoms with van der Waals surface area (Å²) >= 11 is 1.80. The lowest BCUT2D eigenvalue weighted by Crippen LogP contribution is -2.23. The fraction of sp³-hybridized carbons (Fsp3) is 0.286. The van der Waals surface area contributed by atoms with Crippen LogP contribution in [0.3, 0.4) is 0 Å². The standard InChI is InChI=1S/C14H18N2S/c1-2-16(11-13-7-5-9-17-13)14-8-4-3-6-12(14)10-15/h3-9H,2,10-11,15H2,1H3. The van der Waals surface area contributed by atoms with Gasteiger partial charge in [-0.3, -0.25) is 0 Å². The van der Waals surface area contributed by atoms with Gasteiger partial charge in [0.1, 0.15) is 0 Å². The van der Waals surface area contributed by atoms with Crippen molar-refractivity contribution < 1.29 is 0 Å². The molecule has 0 radical (unpaired) electrons. The smallest absolute Gasteiger partial charge is 0.0522 e. The van der Waals surface area contributed by atoms with Gasteiger partial charge in [0.2, 0.25) is 0 Å². The normalized spacial score (nSPS) is 10.5. The summed E-state index contributed by atoms with van der Waals surface area (Å²) in [5.74, 6) is 0. The molecule has 0 bridgehead atoms. The maximum atomic E-state index is 5.79. The van der Waals surface area contributed by atoms with Gasteiger partial charge in [0.15, 0.2) is 0 Å².